The third-order valence-corrected chi connectivity index (χ3v) is 2.94. The molecule has 0 aromatic carbocycles. The second kappa shape index (κ2) is 4.31. The molecule has 84 valence electrons. The van der Waals surface area contributed by atoms with Crippen molar-refractivity contribution in [3.05, 3.63) is 24.0 Å². The second-order valence-corrected chi connectivity index (χ2v) is 4.16. The first kappa shape index (κ1) is 10.6. The summed E-state index contributed by atoms with van der Waals surface area (Å²) in [4.78, 5) is 2.67. The number of hydrogen-bond acceptors (Lipinski definition) is 1. The Morgan fingerprint density at radius 1 is 1.40 bits per heavy atom. The summed E-state index contributed by atoms with van der Waals surface area (Å²) < 4.78 is 27.4. The van der Waals surface area contributed by atoms with Crippen LogP contribution in [0.2, 0.25) is 0 Å². The first-order chi connectivity index (χ1) is 7.18. The van der Waals surface area contributed by atoms with Gasteiger partial charge in [-0.05, 0) is 25.5 Å². The molecule has 2 nitrogen and oxygen atoms in total. The molecule has 1 aromatic heterocycles. The Balaban J connectivity index is 1.97. The molecule has 0 spiro atoms. The van der Waals surface area contributed by atoms with Crippen LogP contribution in [-0.4, -0.2) is 17.6 Å². The van der Waals surface area contributed by atoms with Gasteiger partial charge >= 0.3 is 0 Å². The van der Waals surface area contributed by atoms with Crippen molar-refractivity contribution in [2.75, 3.05) is 6.54 Å². The fourth-order valence-electron chi connectivity index (χ4n) is 2.08. The van der Waals surface area contributed by atoms with Gasteiger partial charge in [-0.3, -0.25) is 0 Å². The Bertz CT molecular complexity index is 290. The summed E-state index contributed by atoms with van der Waals surface area (Å²) in [7, 11) is 0. The predicted molar refractivity (Wildman–Crippen MR) is 54.9 cm³/mol. The highest BCUT2D eigenvalue weighted by Crippen LogP contribution is 2.34. The van der Waals surface area contributed by atoms with Crippen molar-refractivity contribution >= 4 is 0 Å². The number of H-pyrrole nitrogens is 1. The molecule has 1 aliphatic heterocycles. The number of aromatic nitrogens is 1. The molecule has 0 aliphatic carbocycles. The molecule has 1 aliphatic rings. The van der Waals surface area contributed by atoms with Gasteiger partial charge in [0.15, 0.2) is 0 Å². The van der Waals surface area contributed by atoms with Gasteiger partial charge in [-0.25, -0.2) is 8.78 Å². The topological polar surface area (TPSA) is 27.8 Å². The van der Waals surface area contributed by atoms with Crippen LogP contribution in [0.3, 0.4) is 0 Å². The van der Waals surface area contributed by atoms with Crippen molar-refractivity contribution in [3.8, 4) is 0 Å². The smallest absolute Gasteiger partial charge is 0.276 e. The van der Waals surface area contributed by atoms with Gasteiger partial charge < -0.3 is 10.3 Å². The second-order valence-electron chi connectivity index (χ2n) is 4.16. The molecule has 2 heterocycles. The standard InChI is InChI=1S/C11H16F2N2/c12-11(13,9-4-6-14-8-9)7-10-3-1-2-5-15-10/h4,6,8,10,14-15H,1-3,5,7H2. The Hall–Kier alpha value is -0.900. The van der Waals surface area contributed by atoms with Crippen LogP contribution in [0.5, 0.6) is 0 Å². The third kappa shape index (κ3) is 2.56. The zero-order valence-electron chi connectivity index (χ0n) is 8.60. The maximum Gasteiger partial charge on any atom is 0.276 e. The van der Waals surface area contributed by atoms with E-state index in [1.165, 1.54) is 18.5 Å². The van der Waals surface area contributed by atoms with E-state index in [9.17, 15) is 8.78 Å². The Labute approximate surface area is 88.1 Å². The Morgan fingerprint density at radius 3 is 2.87 bits per heavy atom. The van der Waals surface area contributed by atoms with Gasteiger partial charge in [-0.15, -0.1) is 0 Å². The van der Waals surface area contributed by atoms with E-state index in [4.69, 9.17) is 0 Å². The van der Waals surface area contributed by atoms with Crippen molar-refractivity contribution in [2.45, 2.75) is 37.6 Å². The number of halogens is 2. The lowest BCUT2D eigenvalue weighted by Crippen LogP contribution is -2.37. The van der Waals surface area contributed by atoms with Crippen LogP contribution in [0.25, 0.3) is 0 Å². The van der Waals surface area contributed by atoms with Gasteiger partial charge in [0, 0.05) is 30.4 Å². The minimum atomic E-state index is -2.71. The van der Waals surface area contributed by atoms with E-state index in [0.29, 0.717) is 0 Å². The summed E-state index contributed by atoms with van der Waals surface area (Å²) in [6.07, 6.45) is 5.85. The highest BCUT2D eigenvalue weighted by Gasteiger charge is 2.35. The number of alkyl halides is 2. The largest absolute Gasteiger partial charge is 0.367 e. The quantitative estimate of drug-likeness (QED) is 0.795. The van der Waals surface area contributed by atoms with Crippen molar-refractivity contribution in [1.29, 1.82) is 0 Å². The van der Waals surface area contributed by atoms with Crippen LogP contribution in [-0.2, 0) is 5.92 Å². The molecular weight excluding hydrogens is 198 g/mol. The number of nitrogens with one attached hydrogen (secondary N) is 2. The number of piperidine rings is 1. The molecule has 1 aromatic rings. The fraction of sp³-hybridized carbons (Fsp3) is 0.636. The van der Waals surface area contributed by atoms with Crippen molar-refractivity contribution in [2.24, 2.45) is 0 Å². The van der Waals surface area contributed by atoms with Crippen LogP contribution in [0.4, 0.5) is 8.78 Å². The van der Waals surface area contributed by atoms with Crippen molar-refractivity contribution < 1.29 is 8.78 Å². The first-order valence-electron chi connectivity index (χ1n) is 5.43. The lowest BCUT2D eigenvalue weighted by atomic mass is 9.96. The van der Waals surface area contributed by atoms with Gasteiger partial charge in [0.05, 0.1) is 0 Å². The number of rotatable bonds is 3. The van der Waals surface area contributed by atoms with E-state index in [2.05, 4.69) is 10.3 Å². The normalized spacial score (nSPS) is 22.9. The van der Waals surface area contributed by atoms with Gasteiger partial charge in [0.2, 0.25) is 0 Å². The molecule has 0 radical (unpaired) electrons. The molecular formula is C11H16F2N2. The van der Waals surface area contributed by atoms with Crippen molar-refractivity contribution in [1.82, 2.24) is 10.3 Å². The van der Waals surface area contributed by atoms with E-state index in [0.717, 1.165) is 25.8 Å². The fourth-order valence-corrected chi connectivity index (χ4v) is 2.08. The highest BCUT2D eigenvalue weighted by atomic mass is 19.3. The molecule has 4 heteroatoms. The predicted octanol–water partition coefficient (Wildman–Crippen LogP) is 2.64. The summed E-state index contributed by atoms with van der Waals surface area (Å²) in [5, 5.41) is 3.15. The molecule has 1 atom stereocenters. The molecule has 2 rings (SSSR count). The first-order valence-corrected chi connectivity index (χ1v) is 5.43. The minimum Gasteiger partial charge on any atom is -0.367 e. The minimum absolute atomic E-state index is 0.0383. The zero-order valence-corrected chi connectivity index (χ0v) is 8.60. The summed E-state index contributed by atoms with van der Waals surface area (Å²) in [5.41, 5.74) is 0.0925. The lowest BCUT2D eigenvalue weighted by Gasteiger charge is -2.27. The van der Waals surface area contributed by atoms with Crippen LogP contribution >= 0.6 is 0 Å². The molecule has 1 saturated heterocycles. The van der Waals surface area contributed by atoms with Crippen LogP contribution < -0.4 is 5.32 Å². The molecule has 1 fully saturated rings. The number of aromatic amines is 1. The molecule has 2 N–H and O–H groups in total. The van der Waals surface area contributed by atoms with Gasteiger partial charge in [-0.2, -0.15) is 0 Å². The average Bonchev–Trinajstić information content (AvgIpc) is 2.71. The molecule has 0 bridgehead atoms. The van der Waals surface area contributed by atoms with Crippen LogP contribution in [0.1, 0.15) is 31.2 Å². The van der Waals surface area contributed by atoms with E-state index in [1.807, 2.05) is 0 Å². The Kier molecular flexibility index (Phi) is 3.05. The zero-order chi connectivity index (χ0) is 10.7. The van der Waals surface area contributed by atoms with Gasteiger partial charge in [-0.1, -0.05) is 6.42 Å². The summed E-state index contributed by atoms with van der Waals surface area (Å²) >= 11 is 0. The summed E-state index contributed by atoms with van der Waals surface area (Å²) in [6, 6.07) is 1.41. The number of hydrogen-bond donors (Lipinski definition) is 2. The third-order valence-electron chi connectivity index (χ3n) is 2.94. The maximum atomic E-state index is 13.7. The monoisotopic (exact) mass is 214 g/mol. The molecule has 15 heavy (non-hydrogen) atoms. The maximum absolute atomic E-state index is 13.7. The SMILES string of the molecule is FC(F)(CC1CCCCN1)c1cc[nH]c1. The Morgan fingerprint density at radius 2 is 2.27 bits per heavy atom. The summed E-state index contributed by atoms with van der Waals surface area (Å²) in [5.74, 6) is -2.71. The lowest BCUT2D eigenvalue weighted by molar-refractivity contribution is -0.0251. The molecule has 0 saturated carbocycles. The highest BCUT2D eigenvalue weighted by molar-refractivity contribution is 5.15. The molecule has 0 amide bonds. The average molecular weight is 214 g/mol. The van der Waals surface area contributed by atoms with E-state index in [1.54, 1.807) is 0 Å². The van der Waals surface area contributed by atoms with E-state index < -0.39 is 5.92 Å². The van der Waals surface area contributed by atoms with Gasteiger partial charge in [0.25, 0.3) is 5.92 Å². The van der Waals surface area contributed by atoms with Crippen LogP contribution in [0, 0.1) is 0 Å². The summed E-state index contributed by atoms with van der Waals surface area (Å²) in [6.45, 7) is 0.869. The van der Waals surface area contributed by atoms with E-state index >= 15 is 0 Å². The van der Waals surface area contributed by atoms with Crippen molar-refractivity contribution in [3.63, 3.8) is 0 Å². The van der Waals surface area contributed by atoms with Crippen LogP contribution in [0.15, 0.2) is 18.5 Å². The van der Waals surface area contributed by atoms with E-state index in [-0.39, 0.29) is 18.0 Å². The molecule has 1 unspecified atom stereocenters. The van der Waals surface area contributed by atoms with Gasteiger partial charge in [0.1, 0.15) is 0 Å².